The lowest BCUT2D eigenvalue weighted by Crippen LogP contribution is -2.36. The Balaban J connectivity index is 1.74. The molecule has 6 nitrogen and oxygen atoms in total. The Bertz CT molecular complexity index is 1150. The number of nitrogens with zero attached hydrogens (tertiary/aromatic N) is 4. The van der Waals surface area contributed by atoms with Gasteiger partial charge in [-0.25, -0.2) is 4.98 Å². The van der Waals surface area contributed by atoms with E-state index < -0.39 is 23.7 Å². The SMILES string of the molecule is Cc1c([C@@H](C)Nc2nnc(C)c3nc(F)c(N4CCOCC4)cc23)cccc1C(F)(F)F. The van der Waals surface area contributed by atoms with Crippen LogP contribution < -0.4 is 10.2 Å². The number of aryl methyl sites for hydroxylation is 1. The predicted octanol–water partition coefficient (Wildman–Crippen LogP) is 4.81. The summed E-state index contributed by atoms with van der Waals surface area (Å²) in [5.41, 5.74) is 1.09. The van der Waals surface area contributed by atoms with Gasteiger partial charge in [0.05, 0.1) is 36.2 Å². The van der Waals surface area contributed by atoms with Crippen molar-refractivity contribution < 1.29 is 22.3 Å². The molecule has 1 aromatic carbocycles. The Labute approximate surface area is 182 Å². The number of aromatic nitrogens is 3. The van der Waals surface area contributed by atoms with Crippen molar-refractivity contribution in [1.29, 1.82) is 0 Å². The van der Waals surface area contributed by atoms with Crippen LogP contribution in [0.3, 0.4) is 0 Å². The van der Waals surface area contributed by atoms with E-state index in [-0.39, 0.29) is 5.56 Å². The van der Waals surface area contributed by atoms with Crippen LogP contribution in [0.4, 0.5) is 29.1 Å². The van der Waals surface area contributed by atoms with E-state index in [0.29, 0.717) is 60.0 Å². The summed E-state index contributed by atoms with van der Waals surface area (Å²) in [4.78, 5) is 5.97. The molecule has 32 heavy (non-hydrogen) atoms. The highest BCUT2D eigenvalue weighted by Gasteiger charge is 2.33. The molecule has 3 heterocycles. The molecule has 10 heteroatoms. The van der Waals surface area contributed by atoms with E-state index >= 15 is 0 Å². The van der Waals surface area contributed by atoms with Crippen LogP contribution in [0, 0.1) is 19.8 Å². The fourth-order valence-electron chi connectivity index (χ4n) is 4.01. The normalized spacial score (nSPS) is 15.8. The minimum Gasteiger partial charge on any atom is -0.378 e. The Morgan fingerprint density at radius 1 is 1.12 bits per heavy atom. The van der Waals surface area contributed by atoms with Crippen LogP contribution in [0.2, 0.25) is 0 Å². The van der Waals surface area contributed by atoms with Crippen LogP contribution in [0.1, 0.15) is 35.3 Å². The maximum atomic E-state index is 14.8. The molecule has 0 saturated carbocycles. The Kier molecular flexibility index (Phi) is 5.89. The number of halogens is 4. The van der Waals surface area contributed by atoms with Crippen molar-refractivity contribution in [2.45, 2.75) is 33.0 Å². The minimum atomic E-state index is -4.44. The van der Waals surface area contributed by atoms with Crippen LogP contribution in [0.15, 0.2) is 24.3 Å². The Morgan fingerprint density at radius 3 is 2.53 bits per heavy atom. The summed E-state index contributed by atoms with van der Waals surface area (Å²) in [6.07, 6.45) is -4.44. The molecule has 0 aliphatic carbocycles. The molecule has 1 fully saturated rings. The topological polar surface area (TPSA) is 63.2 Å². The zero-order valence-electron chi connectivity index (χ0n) is 17.9. The monoisotopic (exact) mass is 449 g/mol. The van der Waals surface area contributed by atoms with E-state index in [1.165, 1.54) is 13.0 Å². The Hall–Kier alpha value is -3.01. The molecule has 1 N–H and O–H groups in total. The highest BCUT2D eigenvalue weighted by Crippen LogP contribution is 2.36. The molecule has 3 aromatic rings. The van der Waals surface area contributed by atoms with Gasteiger partial charge in [-0.1, -0.05) is 12.1 Å². The fraction of sp³-hybridized carbons (Fsp3) is 0.409. The van der Waals surface area contributed by atoms with Crippen LogP contribution >= 0.6 is 0 Å². The quantitative estimate of drug-likeness (QED) is 0.456. The second-order valence-corrected chi connectivity index (χ2v) is 7.81. The lowest BCUT2D eigenvalue weighted by molar-refractivity contribution is -0.138. The summed E-state index contributed by atoms with van der Waals surface area (Å²) in [5.74, 6) is -0.278. The third-order valence-electron chi connectivity index (χ3n) is 5.71. The van der Waals surface area contributed by atoms with Crippen molar-refractivity contribution in [2.75, 3.05) is 36.5 Å². The van der Waals surface area contributed by atoms with Gasteiger partial charge in [-0.3, -0.25) is 0 Å². The highest BCUT2D eigenvalue weighted by atomic mass is 19.4. The molecule has 1 aliphatic rings. The number of hydrogen-bond acceptors (Lipinski definition) is 6. The average molecular weight is 449 g/mol. The molecule has 0 spiro atoms. The fourth-order valence-corrected chi connectivity index (χ4v) is 4.01. The van der Waals surface area contributed by atoms with Crippen LogP contribution in [0.5, 0.6) is 0 Å². The van der Waals surface area contributed by atoms with E-state index in [4.69, 9.17) is 4.74 Å². The first kappa shape index (κ1) is 22.2. The van der Waals surface area contributed by atoms with Crippen molar-refractivity contribution in [2.24, 2.45) is 0 Å². The minimum absolute atomic E-state index is 0.141. The molecule has 2 aromatic heterocycles. The molecule has 0 radical (unpaired) electrons. The summed E-state index contributed by atoms with van der Waals surface area (Å²) in [6, 6.07) is 5.25. The first-order valence-electron chi connectivity index (χ1n) is 10.3. The van der Waals surface area contributed by atoms with Crippen molar-refractivity contribution in [3.8, 4) is 0 Å². The standard InChI is InChI=1S/C22H23F4N5O/c1-12-15(5-4-6-17(12)22(24,25)26)13(2)27-21-16-11-18(31-7-9-32-10-8-31)20(23)28-19(16)14(3)29-30-21/h4-6,11,13H,7-10H2,1-3H3,(H,27,30)/t13-/m1/s1. The summed E-state index contributed by atoms with van der Waals surface area (Å²) in [5, 5.41) is 12.0. The maximum Gasteiger partial charge on any atom is 0.416 e. The van der Waals surface area contributed by atoms with Crippen LogP contribution in [-0.2, 0) is 10.9 Å². The van der Waals surface area contributed by atoms with Gasteiger partial charge in [0, 0.05) is 18.5 Å². The van der Waals surface area contributed by atoms with E-state index in [2.05, 4.69) is 20.5 Å². The van der Waals surface area contributed by atoms with Gasteiger partial charge in [0.2, 0.25) is 5.95 Å². The molecular formula is C22H23F4N5O. The van der Waals surface area contributed by atoms with Gasteiger partial charge in [0.1, 0.15) is 5.52 Å². The first-order valence-corrected chi connectivity index (χ1v) is 10.3. The number of fused-ring (bicyclic) bond motifs is 1. The summed E-state index contributed by atoms with van der Waals surface area (Å²) in [6.45, 7) is 6.91. The molecule has 0 amide bonds. The number of rotatable bonds is 4. The van der Waals surface area contributed by atoms with Crippen LogP contribution in [0.25, 0.3) is 10.9 Å². The number of anilines is 2. The summed E-state index contributed by atoms with van der Waals surface area (Å²) < 4.78 is 60.1. The van der Waals surface area contributed by atoms with E-state index in [1.54, 1.807) is 26.0 Å². The summed E-state index contributed by atoms with van der Waals surface area (Å²) in [7, 11) is 0. The number of pyridine rings is 1. The van der Waals surface area contributed by atoms with Gasteiger partial charge in [-0.05, 0) is 44.0 Å². The van der Waals surface area contributed by atoms with E-state index in [1.807, 2.05) is 4.90 Å². The van der Waals surface area contributed by atoms with Crippen molar-refractivity contribution in [3.63, 3.8) is 0 Å². The zero-order valence-corrected chi connectivity index (χ0v) is 17.9. The molecular weight excluding hydrogens is 426 g/mol. The number of hydrogen-bond donors (Lipinski definition) is 1. The molecule has 0 bridgehead atoms. The highest BCUT2D eigenvalue weighted by molar-refractivity contribution is 5.92. The molecule has 1 saturated heterocycles. The summed E-state index contributed by atoms with van der Waals surface area (Å²) >= 11 is 0. The second kappa shape index (κ2) is 8.50. The molecule has 1 atom stereocenters. The van der Waals surface area contributed by atoms with Crippen LogP contribution in [-0.4, -0.2) is 41.5 Å². The predicted molar refractivity (Wildman–Crippen MR) is 113 cm³/mol. The Morgan fingerprint density at radius 2 is 1.84 bits per heavy atom. The first-order chi connectivity index (χ1) is 15.2. The van der Waals surface area contributed by atoms with Gasteiger partial charge < -0.3 is 15.0 Å². The van der Waals surface area contributed by atoms with Gasteiger partial charge in [-0.2, -0.15) is 22.7 Å². The number of nitrogens with one attached hydrogen (secondary N) is 1. The lowest BCUT2D eigenvalue weighted by atomic mass is 9.97. The smallest absolute Gasteiger partial charge is 0.378 e. The average Bonchev–Trinajstić information content (AvgIpc) is 2.75. The van der Waals surface area contributed by atoms with Gasteiger partial charge in [0.15, 0.2) is 5.82 Å². The third-order valence-corrected chi connectivity index (χ3v) is 5.71. The molecule has 1 aliphatic heterocycles. The molecule has 4 rings (SSSR count). The number of ether oxygens (including phenoxy) is 1. The van der Waals surface area contributed by atoms with Crippen molar-refractivity contribution in [1.82, 2.24) is 15.2 Å². The molecule has 170 valence electrons. The van der Waals surface area contributed by atoms with E-state index in [0.717, 1.165) is 6.07 Å². The van der Waals surface area contributed by atoms with Crippen molar-refractivity contribution >= 4 is 22.4 Å². The van der Waals surface area contributed by atoms with Gasteiger partial charge in [-0.15, -0.1) is 5.10 Å². The third kappa shape index (κ3) is 4.19. The second-order valence-electron chi connectivity index (χ2n) is 7.81. The van der Waals surface area contributed by atoms with Crippen molar-refractivity contribution in [3.05, 3.63) is 52.6 Å². The number of morpholine rings is 1. The largest absolute Gasteiger partial charge is 0.416 e. The zero-order chi connectivity index (χ0) is 23.0. The van der Waals surface area contributed by atoms with E-state index in [9.17, 15) is 17.6 Å². The molecule has 0 unspecified atom stereocenters. The van der Waals surface area contributed by atoms with Gasteiger partial charge >= 0.3 is 6.18 Å². The van der Waals surface area contributed by atoms with Gasteiger partial charge in [0.25, 0.3) is 0 Å². The number of benzene rings is 1. The maximum absolute atomic E-state index is 14.8. The lowest BCUT2D eigenvalue weighted by Gasteiger charge is -2.29. The number of alkyl halides is 3.